The third-order valence-electron chi connectivity index (χ3n) is 2.10. The Morgan fingerprint density at radius 3 is 2.45 bits per heavy atom. The minimum Gasteiger partial charge on any atom is -0.349 e. The van der Waals surface area contributed by atoms with Crippen molar-refractivity contribution in [1.29, 1.82) is 0 Å². The third kappa shape index (κ3) is 2.33. The first kappa shape index (κ1) is 8.24. The normalized spacial score (nSPS) is 17.2. The van der Waals surface area contributed by atoms with Crippen LogP contribution in [0.1, 0.15) is 26.2 Å². The van der Waals surface area contributed by atoms with Crippen LogP contribution >= 0.6 is 0 Å². The Morgan fingerprint density at radius 2 is 2.09 bits per heavy atom. The van der Waals surface area contributed by atoms with E-state index in [0.717, 1.165) is 0 Å². The Morgan fingerprint density at radius 1 is 1.45 bits per heavy atom. The molecule has 0 heterocycles. The van der Waals surface area contributed by atoms with Crippen molar-refractivity contribution in [2.24, 2.45) is 5.92 Å². The van der Waals surface area contributed by atoms with Gasteiger partial charge in [-0.2, -0.15) is 0 Å². The summed E-state index contributed by atoms with van der Waals surface area (Å²) in [6.07, 6.45) is 3.65. The maximum atomic E-state index is 10.7. The first-order chi connectivity index (χ1) is 5.20. The van der Waals surface area contributed by atoms with Crippen molar-refractivity contribution in [3.63, 3.8) is 0 Å². The van der Waals surface area contributed by atoms with Crippen LogP contribution in [0, 0.1) is 5.92 Å². The number of ketones is 1. The number of carbonyl (C=O) groups excluding carboxylic acids is 2. The third-order valence-corrected chi connectivity index (χ3v) is 2.10. The van der Waals surface area contributed by atoms with Gasteiger partial charge in [-0.3, -0.25) is 9.59 Å². The molecule has 11 heavy (non-hydrogen) atoms. The van der Waals surface area contributed by atoms with Crippen LogP contribution in [0.3, 0.4) is 0 Å². The molecular formula is C8H13NO2. The Kier molecular flexibility index (Phi) is 2.63. The van der Waals surface area contributed by atoms with Crippen LogP contribution in [-0.4, -0.2) is 18.2 Å². The number of rotatable bonds is 3. The van der Waals surface area contributed by atoms with Crippen LogP contribution in [-0.2, 0) is 9.59 Å². The Labute approximate surface area is 66.2 Å². The Balaban J connectivity index is 2.10. The fraction of sp³-hybridized carbons (Fsp3) is 0.750. The Hall–Kier alpha value is -0.860. The van der Waals surface area contributed by atoms with Gasteiger partial charge in [-0.1, -0.05) is 6.42 Å². The SMILES string of the molecule is CC(=O)C(=O)NCC1CCC1. The number of hydrogen-bond donors (Lipinski definition) is 1. The van der Waals surface area contributed by atoms with Crippen LogP contribution in [0.15, 0.2) is 0 Å². The molecule has 0 aliphatic heterocycles. The molecular weight excluding hydrogens is 142 g/mol. The highest BCUT2D eigenvalue weighted by molar-refractivity contribution is 6.35. The number of nitrogens with one attached hydrogen (secondary N) is 1. The van der Waals surface area contributed by atoms with Crippen molar-refractivity contribution >= 4 is 11.7 Å². The zero-order chi connectivity index (χ0) is 8.27. The topological polar surface area (TPSA) is 46.2 Å². The van der Waals surface area contributed by atoms with Crippen LogP contribution < -0.4 is 5.32 Å². The second kappa shape index (κ2) is 3.51. The maximum Gasteiger partial charge on any atom is 0.287 e. The highest BCUT2D eigenvalue weighted by atomic mass is 16.2. The molecule has 1 aliphatic rings. The van der Waals surface area contributed by atoms with Crippen LogP contribution in [0.5, 0.6) is 0 Å². The zero-order valence-electron chi connectivity index (χ0n) is 6.72. The predicted molar refractivity (Wildman–Crippen MR) is 41.0 cm³/mol. The number of carbonyl (C=O) groups is 2. The number of amides is 1. The van der Waals surface area contributed by atoms with Gasteiger partial charge in [0.25, 0.3) is 5.91 Å². The van der Waals surface area contributed by atoms with Crippen molar-refractivity contribution in [1.82, 2.24) is 5.32 Å². The van der Waals surface area contributed by atoms with Gasteiger partial charge in [0.1, 0.15) is 0 Å². The molecule has 3 heteroatoms. The number of Topliss-reactive ketones (excluding diaryl/α,β-unsaturated/α-hetero) is 1. The molecule has 1 aliphatic carbocycles. The Bertz CT molecular complexity index is 173. The lowest BCUT2D eigenvalue weighted by molar-refractivity contribution is -0.136. The molecule has 62 valence electrons. The lowest BCUT2D eigenvalue weighted by Crippen LogP contribution is -2.35. The quantitative estimate of drug-likeness (QED) is 0.603. The van der Waals surface area contributed by atoms with E-state index in [2.05, 4.69) is 5.32 Å². The second-order valence-corrected chi connectivity index (χ2v) is 3.06. The highest BCUT2D eigenvalue weighted by Crippen LogP contribution is 2.24. The van der Waals surface area contributed by atoms with Crippen LogP contribution in [0.2, 0.25) is 0 Å². The van der Waals surface area contributed by atoms with Gasteiger partial charge < -0.3 is 5.32 Å². The summed E-state index contributed by atoms with van der Waals surface area (Å²) in [5.41, 5.74) is 0. The average Bonchev–Trinajstić information content (AvgIpc) is 1.83. The minimum absolute atomic E-state index is 0.399. The van der Waals surface area contributed by atoms with Crippen molar-refractivity contribution in [2.45, 2.75) is 26.2 Å². The maximum absolute atomic E-state index is 10.7. The molecule has 0 aromatic carbocycles. The summed E-state index contributed by atoms with van der Waals surface area (Å²) in [4.78, 5) is 21.2. The molecule has 3 nitrogen and oxygen atoms in total. The van der Waals surface area contributed by atoms with E-state index in [1.165, 1.54) is 26.2 Å². The van der Waals surface area contributed by atoms with Crippen molar-refractivity contribution in [3.8, 4) is 0 Å². The summed E-state index contributed by atoms with van der Waals surface area (Å²) in [7, 11) is 0. The van der Waals surface area contributed by atoms with Gasteiger partial charge in [0, 0.05) is 13.5 Å². The first-order valence-corrected chi connectivity index (χ1v) is 3.99. The molecule has 0 unspecified atom stereocenters. The standard InChI is InChI=1S/C8H13NO2/c1-6(10)8(11)9-5-7-3-2-4-7/h7H,2-5H2,1H3,(H,9,11). The van der Waals surface area contributed by atoms with E-state index in [-0.39, 0.29) is 0 Å². The molecule has 1 N–H and O–H groups in total. The fourth-order valence-electron chi connectivity index (χ4n) is 1.06. The molecule has 1 fully saturated rings. The van der Waals surface area contributed by atoms with E-state index in [1.54, 1.807) is 0 Å². The summed E-state index contributed by atoms with van der Waals surface area (Å²) >= 11 is 0. The van der Waals surface area contributed by atoms with E-state index in [4.69, 9.17) is 0 Å². The minimum atomic E-state index is -0.447. The van der Waals surface area contributed by atoms with Gasteiger partial charge in [-0.25, -0.2) is 0 Å². The van der Waals surface area contributed by atoms with E-state index in [0.29, 0.717) is 12.5 Å². The van der Waals surface area contributed by atoms with Crippen molar-refractivity contribution in [3.05, 3.63) is 0 Å². The second-order valence-electron chi connectivity index (χ2n) is 3.06. The lowest BCUT2D eigenvalue weighted by Gasteiger charge is -2.24. The molecule has 0 atom stereocenters. The zero-order valence-corrected chi connectivity index (χ0v) is 6.72. The fourth-order valence-corrected chi connectivity index (χ4v) is 1.06. The summed E-state index contributed by atoms with van der Waals surface area (Å²) in [6.45, 7) is 1.97. The number of hydrogen-bond acceptors (Lipinski definition) is 2. The van der Waals surface area contributed by atoms with E-state index in [9.17, 15) is 9.59 Å². The molecule has 0 aromatic rings. The lowest BCUT2D eigenvalue weighted by atomic mass is 9.85. The van der Waals surface area contributed by atoms with E-state index < -0.39 is 11.7 Å². The van der Waals surface area contributed by atoms with Crippen LogP contribution in [0.25, 0.3) is 0 Å². The molecule has 1 rings (SSSR count). The van der Waals surface area contributed by atoms with Crippen molar-refractivity contribution < 1.29 is 9.59 Å². The molecule has 0 saturated heterocycles. The highest BCUT2D eigenvalue weighted by Gasteiger charge is 2.18. The molecule has 1 amide bonds. The van der Waals surface area contributed by atoms with Gasteiger partial charge in [-0.05, 0) is 18.8 Å². The van der Waals surface area contributed by atoms with E-state index in [1.807, 2.05) is 0 Å². The van der Waals surface area contributed by atoms with Crippen molar-refractivity contribution in [2.75, 3.05) is 6.54 Å². The van der Waals surface area contributed by atoms with E-state index >= 15 is 0 Å². The largest absolute Gasteiger partial charge is 0.349 e. The summed E-state index contributed by atoms with van der Waals surface area (Å²) in [5, 5.41) is 2.60. The molecule has 0 aromatic heterocycles. The molecule has 0 radical (unpaired) electrons. The summed E-state index contributed by atoms with van der Waals surface area (Å²) in [5.74, 6) is -0.223. The smallest absolute Gasteiger partial charge is 0.287 e. The van der Waals surface area contributed by atoms with Gasteiger partial charge in [0.05, 0.1) is 0 Å². The van der Waals surface area contributed by atoms with Gasteiger partial charge >= 0.3 is 0 Å². The summed E-state index contributed by atoms with van der Waals surface area (Å²) < 4.78 is 0. The van der Waals surface area contributed by atoms with Crippen LogP contribution in [0.4, 0.5) is 0 Å². The van der Waals surface area contributed by atoms with Gasteiger partial charge in [0.2, 0.25) is 5.78 Å². The van der Waals surface area contributed by atoms with Gasteiger partial charge in [-0.15, -0.1) is 0 Å². The van der Waals surface area contributed by atoms with Gasteiger partial charge in [0.15, 0.2) is 0 Å². The molecule has 0 bridgehead atoms. The average molecular weight is 155 g/mol. The first-order valence-electron chi connectivity index (χ1n) is 3.99. The molecule has 0 spiro atoms. The molecule has 1 saturated carbocycles. The predicted octanol–water partition coefficient (Wildman–Crippen LogP) is 0.492. The summed E-state index contributed by atoms with van der Waals surface area (Å²) in [6, 6.07) is 0. The monoisotopic (exact) mass is 155 g/mol.